The highest BCUT2D eigenvalue weighted by Crippen LogP contribution is 2.38. The Kier molecular flexibility index (Phi) is 6.05. The molecule has 1 atom stereocenters. The lowest BCUT2D eigenvalue weighted by Gasteiger charge is -2.26. The van der Waals surface area contributed by atoms with Gasteiger partial charge in [-0.05, 0) is 61.1 Å². The molecular weight excluding hydrogens is 364 g/mol. The van der Waals surface area contributed by atoms with Crippen LogP contribution in [0.3, 0.4) is 0 Å². The minimum atomic E-state index is 0.0602. The van der Waals surface area contributed by atoms with E-state index in [1.807, 2.05) is 6.07 Å². The molecule has 1 amide bonds. The minimum Gasteiger partial charge on any atom is -0.486 e. The van der Waals surface area contributed by atoms with Crippen LogP contribution in [0.5, 0.6) is 11.5 Å². The van der Waals surface area contributed by atoms with Crippen LogP contribution in [-0.2, 0) is 17.6 Å². The zero-order chi connectivity index (χ0) is 20.2. The molecule has 29 heavy (non-hydrogen) atoms. The summed E-state index contributed by atoms with van der Waals surface area (Å²) in [5.41, 5.74) is 4.59. The summed E-state index contributed by atoms with van der Waals surface area (Å²) in [6, 6.07) is 12.7. The molecule has 5 nitrogen and oxygen atoms in total. The first-order valence-electron chi connectivity index (χ1n) is 10.7. The van der Waals surface area contributed by atoms with Crippen molar-refractivity contribution in [3.05, 3.63) is 53.1 Å². The van der Waals surface area contributed by atoms with Crippen molar-refractivity contribution < 1.29 is 14.3 Å². The lowest BCUT2D eigenvalue weighted by atomic mass is 10.0. The quantitative estimate of drug-likeness (QED) is 0.791. The van der Waals surface area contributed by atoms with E-state index in [0.717, 1.165) is 49.4 Å². The number of fused-ring (bicyclic) bond motifs is 1. The average molecular weight is 395 g/mol. The van der Waals surface area contributed by atoms with Gasteiger partial charge < -0.3 is 14.8 Å². The summed E-state index contributed by atoms with van der Waals surface area (Å²) in [4.78, 5) is 15.2. The van der Waals surface area contributed by atoms with Crippen molar-refractivity contribution >= 4 is 11.6 Å². The molecule has 1 saturated heterocycles. The Morgan fingerprint density at radius 3 is 2.52 bits per heavy atom. The summed E-state index contributed by atoms with van der Waals surface area (Å²) in [6.07, 6.45) is 3.97. The predicted octanol–water partition coefficient (Wildman–Crippen LogP) is 4.36. The van der Waals surface area contributed by atoms with Gasteiger partial charge in [0.15, 0.2) is 11.5 Å². The number of para-hydroxylation sites is 1. The molecule has 0 aromatic heterocycles. The average Bonchev–Trinajstić information content (AvgIpc) is 3.21. The molecular formula is C24H30N2O3. The van der Waals surface area contributed by atoms with E-state index in [4.69, 9.17) is 9.47 Å². The number of nitrogens with zero attached hydrogens (tertiary/aromatic N) is 1. The standard InChI is InChI=1S/C24H30N2O3/c1-3-17-7-5-8-18(4-2)24(17)25-23(27)16-26-12-6-9-20(26)19-10-11-21-22(15-19)29-14-13-28-21/h5,7-8,10-11,15,20H,3-4,6,9,12-14,16H2,1-2H3,(H,25,27)/t20-/m1/s1. The monoisotopic (exact) mass is 394 g/mol. The lowest BCUT2D eigenvalue weighted by molar-refractivity contribution is -0.117. The molecule has 0 saturated carbocycles. The van der Waals surface area contributed by atoms with E-state index in [1.54, 1.807) is 0 Å². The van der Waals surface area contributed by atoms with E-state index in [-0.39, 0.29) is 11.9 Å². The molecule has 2 heterocycles. The van der Waals surface area contributed by atoms with Gasteiger partial charge in [0, 0.05) is 11.7 Å². The number of benzene rings is 2. The Balaban J connectivity index is 1.47. The smallest absolute Gasteiger partial charge is 0.238 e. The van der Waals surface area contributed by atoms with Crippen LogP contribution >= 0.6 is 0 Å². The maximum atomic E-state index is 12.9. The van der Waals surface area contributed by atoms with Crippen LogP contribution in [0.15, 0.2) is 36.4 Å². The summed E-state index contributed by atoms with van der Waals surface area (Å²) in [7, 11) is 0. The number of ether oxygens (including phenoxy) is 2. The third-order valence-electron chi connectivity index (χ3n) is 5.92. The molecule has 2 aliphatic rings. The Bertz CT molecular complexity index is 858. The zero-order valence-corrected chi connectivity index (χ0v) is 17.4. The van der Waals surface area contributed by atoms with Crippen LogP contribution < -0.4 is 14.8 Å². The molecule has 154 valence electrons. The fraction of sp³-hybridized carbons (Fsp3) is 0.458. The molecule has 0 unspecified atom stereocenters. The molecule has 5 heteroatoms. The summed E-state index contributed by atoms with van der Waals surface area (Å²) in [5, 5.41) is 3.20. The van der Waals surface area contributed by atoms with Crippen LogP contribution in [0.2, 0.25) is 0 Å². The number of rotatable bonds is 6. The topological polar surface area (TPSA) is 50.8 Å². The van der Waals surface area contributed by atoms with Gasteiger partial charge in [-0.15, -0.1) is 0 Å². The molecule has 1 fully saturated rings. The molecule has 2 aliphatic heterocycles. The molecule has 1 N–H and O–H groups in total. The van der Waals surface area contributed by atoms with Crippen LogP contribution in [0.4, 0.5) is 5.69 Å². The van der Waals surface area contributed by atoms with Gasteiger partial charge in [0.1, 0.15) is 13.2 Å². The predicted molar refractivity (Wildman–Crippen MR) is 115 cm³/mol. The second kappa shape index (κ2) is 8.87. The third kappa shape index (κ3) is 4.25. The van der Waals surface area contributed by atoms with Gasteiger partial charge in [0.25, 0.3) is 0 Å². The largest absolute Gasteiger partial charge is 0.486 e. The highest BCUT2D eigenvalue weighted by Gasteiger charge is 2.29. The molecule has 0 spiro atoms. The minimum absolute atomic E-state index is 0.0602. The number of anilines is 1. The maximum absolute atomic E-state index is 12.9. The van der Waals surface area contributed by atoms with Gasteiger partial charge >= 0.3 is 0 Å². The Morgan fingerprint density at radius 1 is 1.07 bits per heavy atom. The van der Waals surface area contributed by atoms with Gasteiger partial charge in [-0.3, -0.25) is 9.69 Å². The van der Waals surface area contributed by atoms with E-state index in [9.17, 15) is 4.79 Å². The number of likely N-dealkylation sites (tertiary alicyclic amines) is 1. The van der Waals surface area contributed by atoms with Crippen molar-refractivity contribution in [1.82, 2.24) is 4.90 Å². The summed E-state index contributed by atoms with van der Waals surface area (Å²) in [5.74, 6) is 1.69. The second-order valence-corrected chi connectivity index (χ2v) is 7.74. The number of aryl methyl sites for hydroxylation is 2. The zero-order valence-electron chi connectivity index (χ0n) is 17.4. The Hall–Kier alpha value is -2.53. The van der Waals surface area contributed by atoms with Gasteiger partial charge in [-0.25, -0.2) is 0 Å². The molecule has 0 aliphatic carbocycles. The molecule has 2 aromatic carbocycles. The fourth-order valence-electron chi connectivity index (χ4n) is 4.43. The molecule has 0 bridgehead atoms. The van der Waals surface area contributed by atoms with Crippen molar-refractivity contribution in [1.29, 1.82) is 0 Å². The van der Waals surface area contributed by atoms with Crippen molar-refractivity contribution in [2.45, 2.75) is 45.6 Å². The Labute approximate surface area is 173 Å². The highest BCUT2D eigenvalue weighted by atomic mass is 16.6. The van der Waals surface area contributed by atoms with Crippen LogP contribution in [0, 0.1) is 0 Å². The number of hydrogen-bond acceptors (Lipinski definition) is 4. The van der Waals surface area contributed by atoms with Gasteiger partial charge in [0.05, 0.1) is 6.54 Å². The van der Waals surface area contributed by atoms with E-state index in [1.165, 1.54) is 16.7 Å². The molecule has 4 rings (SSSR count). The SMILES string of the molecule is CCc1cccc(CC)c1NC(=O)CN1CCC[C@@H]1c1ccc2c(c1)OCCO2. The number of carbonyl (C=O) groups is 1. The van der Waals surface area contributed by atoms with Gasteiger partial charge in [0.2, 0.25) is 5.91 Å². The van der Waals surface area contributed by atoms with E-state index in [0.29, 0.717) is 19.8 Å². The molecule has 2 aromatic rings. The summed E-state index contributed by atoms with van der Waals surface area (Å²) >= 11 is 0. The van der Waals surface area contributed by atoms with Crippen LogP contribution in [-0.4, -0.2) is 37.1 Å². The number of amides is 1. The van der Waals surface area contributed by atoms with E-state index < -0.39 is 0 Å². The van der Waals surface area contributed by atoms with Crippen molar-refractivity contribution in [2.24, 2.45) is 0 Å². The number of carbonyl (C=O) groups excluding carboxylic acids is 1. The highest BCUT2D eigenvalue weighted by molar-refractivity contribution is 5.94. The van der Waals surface area contributed by atoms with E-state index in [2.05, 4.69) is 54.4 Å². The van der Waals surface area contributed by atoms with Crippen molar-refractivity contribution in [3.8, 4) is 11.5 Å². The fourth-order valence-corrected chi connectivity index (χ4v) is 4.43. The summed E-state index contributed by atoms with van der Waals surface area (Å²) in [6.45, 7) is 6.78. The third-order valence-corrected chi connectivity index (χ3v) is 5.92. The lowest BCUT2D eigenvalue weighted by Crippen LogP contribution is -2.33. The second-order valence-electron chi connectivity index (χ2n) is 7.74. The first kappa shape index (κ1) is 19.8. The normalized spacial score (nSPS) is 18.6. The summed E-state index contributed by atoms with van der Waals surface area (Å²) < 4.78 is 11.4. The number of hydrogen-bond donors (Lipinski definition) is 1. The molecule has 0 radical (unpaired) electrons. The first-order chi connectivity index (χ1) is 14.2. The van der Waals surface area contributed by atoms with Crippen LogP contribution in [0.1, 0.15) is 49.4 Å². The number of nitrogens with one attached hydrogen (secondary N) is 1. The maximum Gasteiger partial charge on any atom is 0.238 e. The van der Waals surface area contributed by atoms with Crippen molar-refractivity contribution in [3.63, 3.8) is 0 Å². The van der Waals surface area contributed by atoms with Crippen LogP contribution in [0.25, 0.3) is 0 Å². The van der Waals surface area contributed by atoms with E-state index >= 15 is 0 Å². The van der Waals surface area contributed by atoms with Gasteiger partial charge in [-0.1, -0.05) is 38.1 Å². The van der Waals surface area contributed by atoms with Gasteiger partial charge in [-0.2, -0.15) is 0 Å². The van der Waals surface area contributed by atoms with Crippen molar-refractivity contribution in [2.75, 3.05) is 31.6 Å². The first-order valence-corrected chi connectivity index (χ1v) is 10.7. The Morgan fingerprint density at radius 2 is 1.79 bits per heavy atom.